The molecule has 7 nitrogen and oxygen atoms in total. The van der Waals surface area contributed by atoms with Crippen molar-refractivity contribution in [3.63, 3.8) is 0 Å². The summed E-state index contributed by atoms with van der Waals surface area (Å²) in [5.41, 5.74) is 0.494. The van der Waals surface area contributed by atoms with Crippen molar-refractivity contribution in [3.8, 4) is 0 Å². The van der Waals surface area contributed by atoms with Crippen LogP contribution in [0.15, 0.2) is 11.2 Å². The smallest absolute Gasteiger partial charge is 0.318 e. The Morgan fingerprint density at radius 3 is 2.44 bits per heavy atom. The lowest BCUT2D eigenvalue weighted by molar-refractivity contribution is -0.137. The summed E-state index contributed by atoms with van der Waals surface area (Å²) in [6.45, 7) is 4.32. The third kappa shape index (κ3) is 2.70. The zero-order chi connectivity index (χ0) is 14.1. The summed E-state index contributed by atoms with van der Waals surface area (Å²) in [5, 5.41) is 12.7. The minimum atomic E-state index is -3.86. The number of aliphatic carboxylic acids is 1. The second kappa shape index (κ2) is 5.07. The van der Waals surface area contributed by atoms with Crippen molar-refractivity contribution in [1.29, 1.82) is 0 Å². The topological polar surface area (TPSA) is 92.5 Å². The molecular formula is C10H17N3O4S. The first-order chi connectivity index (χ1) is 8.17. The lowest BCUT2D eigenvalue weighted by atomic mass is 10.4. The summed E-state index contributed by atoms with van der Waals surface area (Å²) in [5.74, 6) is -1.19. The number of hydrogen-bond acceptors (Lipinski definition) is 4. The molecule has 1 heterocycles. The number of carboxylic acid groups (broad SMARTS) is 1. The van der Waals surface area contributed by atoms with Crippen LogP contribution in [-0.2, 0) is 21.9 Å². The van der Waals surface area contributed by atoms with Crippen LogP contribution in [0.3, 0.4) is 0 Å². The van der Waals surface area contributed by atoms with Gasteiger partial charge in [0.2, 0.25) is 0 Å². The summed E-state index contributed by atoms with van der Waals surface area (Å²) >= 11 is 0. The van der Waals surface area contributed by atoms with Gasteiger partial charge in [0.05, 0.1) is 6.20 Å². The SMILES string of the molecule is Cc1cnn(C)c1S(=O)(=O)N(CC(=O)O)C(C)C. The number of carboxylic acids is 1. The Morgan fingerprint density at radius 1 is 1.56 bits per heavy atom. The molecular weight excluding hydrogens is 258 g/mol. The highest BCUT2D eigenvalue weighted by molar-refractivity contribution is 7.89. The summed E-state index contributed by atoms with van der Waals surface area (Å²) in [6, 6.07) is -0.444. The van der Waals surface area contributed by atoms with Gasteiger partial charge in [-0.15, -0.1) is 0 Å². The van der Waals surface area contributed by atoms with E-state index in [1.165, 1.54) is 17.9 Å². The van der Waals surface area contributed by atoms with Crippen LogP contribution >= 0.6 is 0 Å². The first-order valence-electron chi connectivity index (χ1n) is 5.40. The van der Waals surface area contributed by atoms with Crippen LogP contribution in [0.4, 0.5) is 0 Å². The van der Waals surface area contributed by atoms with E-state index < -0.39 is 28.6 Å². The maximum Gasteiger partial charge on any atom is 0.318 e. The monoisotopic (exact) mass is 275 g/mol. The Morgan fingerprint density at radius 2 is 2.11 bits per heavy atom. The Bertz CT molecular complexity index is 528. The van der Waals surface area contributed by atoms with Gasteiger partial charge in [-0.05, 0) is 20.8 Å². The molecule has 0 aliphatic rings. The van der Waals surface area contributed by atoms with Gasteiger partial charge in [-0.3, -0.25) is 9.48 Å². The first kappa shape index (κ1) is 14.7. The largest absolute Gasteiger partial charge is 0.480 e. The Hall–Kier alpha value is -1.41. The van der Waals surface area contributed by atoms with Crippen LogP contribution in [0.5, 0.6) is 0 Å². The lowest BCUT2D eigenvalue weighted by Crippen LogP contribution is -2.41. The molecule has 1 rings (SSSR count). The fourth-order valence-electron chi connectivity index (χ4n) is 1.70. The van der Waals surface area contributed by atoms with Gasteiger partial charge < -0.3 is 5.11 Å². The maximum absolute atomic E-state index is 12.4. The third-order valence-corrected chi connectivity index (χ3v) is 4.72. The van der Waals surface area contributed by atoms with E-state index in [4.69, 9.17) is 5.11 Å². The number of rotatable bonds is 5. The second-order valence-electron chi connectivity index (χ2n) is 4.29. The van der Waals surface area contributed by atoms with E-state index in [1.807, 2.05) is 0 Å². The third-order valence-electron chi connectivity index (χ3n) is 2.48. The summed E-state index contributed by atoms with van der Waals surface area (Å²) in [6.07, 6.45) is 1.44. The van der Waals surface area contributed by atoms with Gasteiger partial charge in [-0.25, -0.2) is 8.42 Å². The maximum atomic E-state index is 12.4. The van der Waals surface area contributed by atoms with Gasteiger partial charge >= 0.3 is 5.97 Å². The van der Waals surface area contributed by atoms with Crippen molar-refractivity contribution in [2.24, 2.45) is 7.05 Å². The summed E-state index contributed by atoms with van der Waals surface area (Å²) < 4.78 is 27.0. The van der Waals surface area contributed by atoms with Gasteiger partial charge in [-0.1, -0.05) is 0 Å². The second-order valence-corrected chi connectivity index (χ2v) is 6.10. The molecule has 0 radical (unpaired) electrons. The zero-order valence-corrected chi connectivity index (χ0v) is 11.6. The van der Waals surface area contributed by atoms with Crippen LogP contribution < -0.4 is 0 Å². The highest BCUT2D eigenvalue weighted by Gasteiger charge is 2.32. The Kier molecular flexibility index (Phi) is 4.12. The number of aryl methyl sites for hydroxylation is 2. The van der Waals surface area contributed by atoms with Crippen LogP contribution in [0.25, 0.3) is 0 Å². The lowest BCUT2D eigenvalue weighted by Gasteiger charge is -2.24. The molecule has 1 aromatic heterocycles. The highest BCUT2D eigenvalue weighted by atomic mass is 32.2. The van der Waals surface area contributed by atoms with Gasteiger partial charge in [-0.2, -0.15) is 9.40 Å². The van der Waals surface area contributed by atoms with Crippen molar-refractivity contribution >= 4 is 16.0 Å². The van der Waals surface area contributed by atoms with Gasteiger partial charge in [0.25, 0.3) is 10.0 Å². The van der Waals surface area contributed by atoms with Crippen molar-refractivity contribution in [1.82, 2.24) is 14.1 Å². The predicted molar refractivity (Wildman–Crippen MR) is 64.6 cm³/mol. The molecule has 102 valence electrons. The van der Waals surface area contributed by atoms with E-state index in [1.54, 1.807) is 20.8 Å². The molecule has 8 heteroatoms. The number of nitrogens with zero attached hydrogens (tertiary/aromatic N) is 3. The molecule has 0 aliphatic carbocycles. The minimum absolute atomic E-state index is 0.0254. The quantitative estimate of drug-likeness (QED) is 0.829. The average Bonchev–Trinajstić information content (AvgIpc) is 2.54. The molecule has 0 bridgehead atoms. The molecule has 0 fully saturated rings. The molecule has 1 aromatic rings. The predicted octanol–water partition coefficient (Wildman–Crippen LogP) is 0.212. The van der Waals surface area contributed by atoms with Gasteiger partial charge in [0, 0.05) is 18.7 Å². The minimum Gasteiger partial charge on any atom is -0.480 e. The zero-order valence-electron chi connectivity index (χ0n) is 10.8. The van der Waals surface area contributed by atoms with E-state index in [2.05, 4.69) is 5.10 Å². The molecule has 0 atom stereocenters. The number of sulfonamides is 1. The van der Waals surface area contributed by atoms with Crippen LogP contribution in [-0.4, -0.2) is 46.2 Å². The standard InChI is InChI=1S/C10H17N3O4S/c1-7(2)13(6-9(14)15)18(16,17)10-8(3)5-11-12(10)4/h5,7H,6H2,1-4H3,(H,14,15). The van der Waals surface area contributed by atoms with Crippen LogP contribution in [0.2, 0.25) is 0 Å². The summed E-state index contributed by atoms with van der Waals surface area (Å²) in [7, 11) is -2.35. The van der Waals surface area contributed by atoms with E-state index >= 15 is 0 Å². The van der Waals surface area contributed by atoms with Gasteiger partial charge in [0.1, 0.15) is 6.54 Å². The first-order valence-corrected chi connectivity index (χ1v) is 6.84. The fraction of sp³-hybridized carbons (Fsp3) is 0.600. The molecule has 0 unspecified atom stereocenters. The van der Waals surface area contributed by atoms with E-state index in [0.29, 0.717) is 5.56 Å². The fourth-order valence-corrected chi connectivity index (χ4v) is 3.59. The van der Waals surface area contributed by atoms with Crippen molar-refractivity contribution in [2.75, 3.05) is 6.54 Å². The van der Waals surface area contributed by atoms with E-state index in [9.17, 15) is 13.2 Å². The molecule has 18 heavy (non-hydrogen) atoms. The Balaban J connectivity index is 3.30. The highest BCUT2D eigenvalue weighted by Crippen LogP contribution is 2.20. The van der Waals surface area contributed by atoms with Gasteiger partial charge in [0.15, 0.2) is 5.03 Å². The molecule has 0 amide bonds. The van der Waals surface area contributed by atoms with Crippen molar-refractivity contribution in [2.45, 2.75) is 31.8 Å². The Labute approximate surface area is 106 Å². The van der Waals surface area contributed by atoms with Crippen LogP contribution in [0.1, 0.15) is 19.4 Å². The van der Waals surface area contributed by atoms with Crippen LogP contribution in [0, 0.1) is 6.92 Å². The summed E-state index contributed by atoms with van der Waals surface area (Å²) in [4.78, 5) is 10.8. The normalized spacial score (nSPS) is 12.3. The molecule has 0 aromatic carbocycles. The number of carbonyl (C=O) groups is 1. The molecule has 0 saturated carbocycles. The molecule has 0 aliphatic heterocycles. The molecule has 0 saturated heterocycles. The number of aromatic nitrogens is 2. The molecule has 1 N–H and O–H groups in total. The molecule has 0 spiro atoms. The van der Waals surface area contributed by atoms with E-state index in [-0.39, 0.29) is 5.03 Å². The van der Waals surface area contributed by atoms with E-state index in [0.717, 1.165) is 4.31 Å². The number of hydrogen-bond donors (Lipinski definition) is 1. The van der Waals surface area contributed by atoms with Crippen molar-refractivity contribution < 1.29 is 18.3 Å². The van der Waals surface area contributed by atoms with Crippen molar-refractivity contribution in [3.05, 3.63) is 11.8 Å². The average molecular weight is 275 g/mol.